The topological polar surface area (TPSA) is 95.6 Å². The van der Waals surface area contributed by atoms with Gasteiger partial charge in [0.15, 0.2) is 0 Å². The molecule has 1 saturated heterocycles. The van der Waals surface area contributed by atoms with Gasteiger partial charge >= 0.3 is 0 Å². The first-order valence-electron chi connectivity index (χ1n) is 9.37. The van der Waals surface area contributed by atoms with Crippen molar-refractivity contribution in [3.63, 3.8) is 0 Å². The molecular formula is C20H22N8. The van der Waals surface area contributed by atoms with Crippen LogP contribution in [0, 0.1) is 11.3 Å². The lowest BCUT2D eigenvalue weighted by Gasteiger charge is -2.34. The van der Waals surface area contributed by atoms with Crippen LogP contribution in [-0.4, -0.2) is 35.9 Å². The van der Waals surface area contributed by atoms with Crippen molar-refractivity contribution < 1.29 is 0 Å². The van der Waals surface area contributed by atoms with E-state index >= 15 is 0 Å². The Balaban J connectivity index is 1.45. The second-order valence-corrected chi connectivity index (χ2v) is 7.01. The van der Waals surface area contributed by atoms with E-state index in [1.165, 1.54) is 12.8 Å². The molecule has 3 aromatic heterocycles. The number of nitrogens with one attached hydrogen (secondary N) is 1. The number of nitrogens with zero attached hydrogens (tertiary/aromatic N) is 7. The van der Waals surface area contributed by atoms with Crippen molar-refractivity contribution in [3.05, 3.63) is 60.3 Å². The molecule has 0 radical (unpaired) electrons. The Bertz CT molecular complexity index is 955. The Morgan fingerprint density at radius 3 is 2.75 bits per heavy atom. The van der Waals surface area contributed by atoms with Crippen molar-refractivity contribution >= 4 is 11.5 Å². The van der Waals surface area contributed by atoms with Crippen LogP contribution >= 0.6 is 0 Å². The third kappa shape index (κ3) is 4.15. The second kappa shape index (κ2) is 8.15. The number of imidazole rings is 1. The van der Waals surface area contributed by atoms with Gasteiger partial charge in [-0.25, -0.2) is 15.0 Å². The lowest BCUT2D eigenvalue weighted by Crippen LogP contribution is -2.33. The Hall–Kier alpha value is -3.31. The fourth-order valence-electron chi connectivity index (χ4n) is 3.53. The van der Waals surface area contributed by atoms with Gasteiger partial charge in [0.25, 0.3) is 0 Å². The van der Waals surface area contributed by atoms with Crippen LogP contribution in [0.4, 0.5) is 11.5 Å². The highest BCUT2D eigenvalue weighted by Gasteiger charge is 2.26. The molecule has 0 aromatic carbocycles. The molecule has 142 valence electrons. The molecule has 4 rings (SSSR count). The van der Waals surface area contributed by atoms with Crippen LogP contribution in [0.2, 0.25) is 0 Å². The number of hydrogen-bond acceptors (Lipinski definition) is 7. The van der Waals surface area contributed by atoms with Gasteiger partial charge in [-0.15, -0.1) is 0 Å². The van der Waals surface area contributed by atoms with Gasteiger partial charge in [-0.05, 0) is 31.5 Å². The lowest BCUT2D eigenvalue weighted by atomic mass is 9.99. The number of anilines is 2. The van der Waals surface area contributed by atoms with Gasteiger partial charge in [0, 0.05) is 19.8 Å². The zero-order chi connectivity index (χ0) is 19.3. The highest BCUT2D eigenvalue weighted by molar-refractivity contribution is 5.54. The standard InChI is InChI=1S/C20H22N8/c1-27-12-17(25-14-27)13-28-7-3-2-4-19(28)18-10-24-20(11-23-18)26-16-6-5-15(8-21)22-9-16/h5-6,9-12,14,19H,2-4,7,13H2,1H3,(H,24,26)/t19-/m0/s1. The van der Waals surface area contributed by atoms with E-state index in [0.29, 0.717) is 11.5 Å². The van der Waals surface area contributed by atoms with Crippen LogP contribution in [0.3, 0.4) is 0 Å². The molecule has 1 aliphatic rings. The van der Waals surface area contributed by atoms with Gasteiger partial charge in [0.05, 0.1) is 48.0 Å². The van der Waals surface area contributed by atoms with Crippen molar-refractivity contribution in [2.75, 3.05) is 11.9 Å². The van der Waals surface area contributed by atoms with Crippen molar-refractivity contribution in [3.8, 4) is 6.07 Å². The van der Waals surface area contributed by atoms with Crippen molar-refractivity contribution in [1.29, 1.82) is 5.26 Å². The molecule has 1 N–H and O–H groups in total. The maximum absolute atomic E-state index is 8.82. The van der Waals surface area contributed by atoms with Gasteiger partial charge in [-0.1, -0.05) is 6.42 Å². The predicted molar refractivity (Wildman–Crippen MR) is 104 cm³/mol. The third-order valence-electron chi connectivity index (χ3n) is 4.90. The van der Waals surface area contributed by atoms with E-state index in [0.717, 1.165) is 36.6 Å². The number of pyridine rings is 1. The van der Waals surface area contributed by atoms with E-state index in [4.69, 9.17) is 5.26 Å². The number of nitriles is 1. The molecule has 8 nitrogen and oxygen atoms in total. The molecule has 0 aliphatic carbocycles. The molecule has 1 atom stereocenters. The molecule has 28 heavy (non-hydrogen) atoms. The summed E-state index contributed by atoms with van der Waals surface area (Å²) >= 11 is 0. The molecule has 1 aliphatic heterocycles. The molecule has 8 heteroatoms. The second-order valence-electron chi connectivity index (χ2n) is 7.01. The number of piperidine rings is 1. The minimum absolute atomic E-state index is 0.258. The zero-order valence-corrected chi connectivity index (χ0v) is 15.8. The average molecular weight is 374 g/mol. The van der Waals surface area contributed by atoms with Gasteiger partial charge < -0.3 is 9.88 Å². The molecule has 0 bridgehead atoms. The van der Waals surface area contributed by atoms with Gasteiger partial charge in [0.2, 0.25) is 0 Å². The van der Waals surface area contributed by atoms with E-state index in [9.17, 15) is 0 Å². The van der Waals surface area contributed by atoms with E-state index in [1.54, 1.807) is 24.5 Å². The van der Waals surface area contributed by atoms with E-state index in [2.05, 4.69) is 36.3 Å². The zero-order valence-electron chi connectivity index (χ0n) is 15.8. The smallest absolute Gasteiger partial charge is 0.148 e. The van der Waals surface area contributed by atoms with Crippen LogP contribution < -0.4 is 5.32 Å². The summed E-state index contributed by atoms with van der Waals surface area (Å²) in [5.41, 5.74) is 3.22. The normalized spacial score (nSPS) is 17.2. The van der Waals surface area contributed by atoms with Crippen LogP contribution in [0.5, 0.6) is 0 Å². The molecule has 3 aromatic rings. The SMILES string of the molecule is Cn1cnc(CN2CCCC[C@H]2c2cnc(Nc3ccc(C#N)nc3)cn2)c1. The quantitative estimate of drug-likeness (QED) is 0.733. The lowest BCUT2D eigenvalue weighted by molar-refractivity contribution is 0.135. The highest BCUT2D eigenvalue weighted by Crippen LogP contribution is 2.30. The summed E-state index contributed by atoms with van der Waals surface area (Å²) in [7, 11) is 1.99. The molecule has 0 spiro atoms. The Morgan fingerprint density at radius 1 is 1.14 bits per heavy atom. The molecule has 0 unspecified atom stereocenters. The van der Waals surface area contributed by atoms with E-state index in [1.807, 2.05) is 30.2 Å². The van der Waals surface area contributed by atoms with Crippen LogP contribution in [-0.2, 0) is 13.6 Å². The number of aryl methyl sites for hydroxylation is 1. The summed E-state index contributed by atoms with van der Waals surface area (Å²) in [6.07, 6.45) is 12.6. The van der Waals surface area contributed by atoms with Crippen LogP contribution in [0.25, 0.3) is 0 Å². The summed E-state index contributed by atoms with van der Waals surface area (Å²) in [6, 6.07) is 5.74. The van der Waals surface area contributed by atoms with Crippen LogP contribution in [0.15, 0.2) is 43.2 Å². The minimum atomic E-state index is 0.258. The third-order valence-corrected chi connectivity index (χ3v) is 4.90. The Labute approximate surface area is 163 Å². The number of hydrogen-bond donors (Lipinski definition) is 1. The van der Waals surface area contributed by atoms with Crippen molar-refractivity contribution in [2.24, 2.45) is 7.05 Å². The summed E-state index contributed by atoms with van der Waals surface area (Å²) in [5, 5.41) is 12.0. The van der Waals surface area contributed by atoms with E-state index < -0.39 is 0 Å². The molecule has 0 saturated carbocycles. The van der Waals surface area contributed by atoms with Gasteiger partial charge in [-0.3, -0.25) is 9.88 Å². The minimum Gasteiger partial charge on any atom is -0.340 e. The molecule has 4 heterocycles. The maximum Gasteiger partial charge on any atom is 0.148 e. The fraction of sp³-hybridized carbons (Fsp3) is 0.350. The van der Waals surface area contributed by atoms with Gasteiger partial charge in [-0.2, -0.15) is 5.26 Å². The first kappa shape index (κ1) is 18.1. The Kier molecular flexibility index (Phi) is 5.26. The first-order chi connectivity index (χ1) is 13.7. The van der Waals surface area contributed by atoms with Crippen molar-refractivity contribution in [1.82, 2.24) is 29.4 Å². The molecule has 0 amide bonds. The van der Waals surface area contributed by atoms with Gasteiger partial charge in [0.1, 0.15) is 17.6 Å². The summed E-state index contributed by atoms with van der Waals surface area (Å²) in [6.45, 7) is 1.87. The number of rotatable bonds is 5. The monoisotopic (exact) mass is 374 g/mol. The average Bonchev–Trinajstić information content (AvgIpc) is 3.14. The summed E-state index contributed by atoms with van der Waals surface area (Å²) < 4.78 is 1.98. The van der Waals surface area contributed by atoms with Crippen molar-refractivity contribution in [2.45, 2.75) is 31.8 Å². The van der Waals surface area contributed by atoms with Crippen LogP contribution in [0.1, 0.15) is 42.4 Å². The first-order valence-corrected chi connectivity index (χ1v) is 9.37. The summed E-state index contributed by atoms with van der Waals surface area (Å²) in [5.74, 6) is 0.655. The Morgan fingerprint density at radius 2 is 2.07 bits per heavy atom. The van der Waals surface area contributed by atoms with E-state index in [-0.39, 0.29) is 6.04 Å². The molecule has 1 fully saturated rings. The fourth-order valence-corrected chi connectivity index (χ4v) is 3.53. The number of aromatic nitrogens is 5. The largest absolute Gasteiger partial charge is 0.340 e. The molecular weight excluding hydrogens is 352 g/mol. The number of likely N-dealkylation sites (tertiary alicyclic amines) is 1. The summed E-state index contributed by atoms with van der Waals surface area (Å²) in [4.78, 5) is 20.1. The predicted octanol–water partition coefficient (Wildman–Crippen LogP) is 2.95. The highest BCUT2D eigenvalue weighted by atomic mass is 15.2. The maximum atomic E-state index is 8.82.